The minimum atomic E-state index is -0.411. The summed E-state index contributed by atoms with van der Waals surface area (Å²) in [6.07, 6.45) is 3.93. The van der Waals surface area contributed by atoms with E-state index in [1.807, 2.05) is 12.4 Å². The Morgan fingerprint density at radius 1 is 0.731 bits per heavy atom. The Labute approximate surface area is 160 Å². The Kier molecular flexibility index (Phi) is 6.29. The van der Waals surface area contributed by atoms with Gasteiger partial charge < -0.3 is 26.8 Å². The van der Waals surface area contributed by atoms with Crippen LogP contribution in [0.15, 0.2) is 60.9 Å². The van der Waals surface area contributed by atoms with E-state index in [0.717, 1.165) is 11.1 Å². The molecule has 0 atom stereocenters. The minimum Gasteiger partial charge on any atom is -1.00 e. The van der Waals surface area contributed by atoms with E-state index in [1.165, 1.54) is 24.3 Å². The molecule has 9 heteroatoms. The molecule has 8 nitrogen and oxygen atoms in total. The molecule has 0 radical (unpaired) electrons. The van der Waals surface area contributed by atoms with Gasteiger partial charge in [-0.1, -0.05) is 24.3 Å². The van der Waals surface area contributed by atoms with E-state index in [1.54, 1.807) is 24.3 Å². The number of nitro groups is 2. The van der Waals surface area contributed by atoms with Gasteiger partial charge in [0, 0.05) is 49.8 Å². The smallest absolute Gasteiger partial charge is 0.269 e. The van der Waals surface area contributed by atoms with E-state index in [4.69, 9.17) is 0 Å². The fraction of sp³-hybridized carbons (Fsp3) is 0.176. The number of benzene rings is 2. The van der Waals surface area contributed by atoms with Crippen LogP contribution in [0.2, 0.25) is 0 Å². The largest absolute Gasteiger partial charge is 1.00 e. The number of hydrogen-bond acceptors (Lipinski definition) is 6. The molecule has 1 aliphatic rings. The van der Waals surface area contributed by atoms with Gasteiger partial charge in [0.2, 0.25) is 0 Å². The van der Waals surface area contributed by atoms with E-state index in [0.29, 0.717) is 19.8 Å². The summed E-state index contributed by atoms with van der Waals surface area (Å²) >= 11 is 0. The second-order valence-electron chi connectivity index (χ2n) is 5.78. The zero-order valence-electron chi connectivity index (χ0n) is 13.7. The fourth-order valence-electron chi connectivity index (χ4n) is 2.64. The van der Waals surface area contributed by atoms with Gasteiger partial charge in [0.1, 0.15) is 0 Å². The third-order valence-electron chi connectivity index (χ3n) is 3.92. The average Bonchev–Trinajstić information content (AvgIpc) is 3.02. The Hall–Kier alpha value is -2.94. The lowest BCUT2D eigenvalue weighted by molar-refractivity contribution is -0.385. The molecular formula is C17H16BrN4O4-. The molecule has 0 N–H and O–H groups in total. The zero-order valence-corrected chi connectivity index (χ0v) is 15.3. The molecule has 0 fully saturated rings. The second-order valence-corrected chi connectivity index (χ2v) is 5.78. The van der Waals surface area contributed by atoms with Gasteiger partial charge in [-0.15, -0.1) is 0 Å². The molecule has 26 heavy (non-hydrogen) atoms. The number of nitro benzene ring substituents is 2. The standard InChI is InChI=1S/C17H16N4O4.BrH/c22-20(23)16-5-1-14(2-6-16)11-18-9-10-19(13-18)12-15-3-7-17(8-4-15)21(24)25;/h1-10H,11-13H2;1H/p-1. The number of nitrogens with zero attached hydrogens (tertiary/aromatic N) is 4. The SMILES string of the molecule is O=[N+]([O-])c1ccc(CN2C=CN(Cc3ccc([N+](=O)[O-])cc3)C2)cc1.[Br-]. The van der Waals surface area contributed by atoms with Gasteiger partial charge >= 0.3 is 0 Å². The lowest BCUT2D eigenvalue weighted by atomic mass is 10.2. The van der Waals surface area contributed by atoms with Crippen molar-refractivity contribution in [1.82, 2.24) is 9.80 Å². The molecule has 1 aliphatic heterocycles. The van der Waals surface area contributed by atoms with Crippen molar-refractivity contribution >= 4 is 11.4 Å². The number of halogens is 1. The molecule has 0 bridgehead atoms. The summed E-state index contributed by atoms with van der Waals surface area (Å²) in [5.41, 5.74) is 2.15. The summed E-state index contributed by atoms with van der Waals surface area (Å²) < 4.78 is 0. The highest BCUT2D eigenvalue weighted by Gasteiger charge is 2.14. The van der Waals surface area contributed by atoms with Crippen LogP contribution in [-0.4, -0.2) is 26.3 Å². The Morgan fingerprint density at radius 2 is 1.08 bits per heavy atom. The maximum Gasteiger partial charge on any atom is 0.269 e. The van der Waals surface area contributed by atoms with Crippen molar-refractivity contribution in [3.8, 4) is 0 Å². The van der Waals surface area contributed by atoms with Crippen LogP contribution >= 0.6 is 0 Å². The first-order chi connectivity index (χ1) is 12.0. The van der Waals surface area contributed by atoms with Crippen LogP contribution in [-0.2, 0) is 13.1 Å². The van der Waals surface area contributed by atoms with Crippen LogP contribution in [0.3, 0.4) is 0 Å². The summed E-state index contributed by atoms with van der Waals surface area (Å²) in [6, 6.07) is 13.0. The summed E-state index contributed by atoms with van der Waals surface area (Å²) in [4.78, 5) is 24.7. The van der Waals surface area contributed by atoms with Gasteiger partial charge in [-0.2, -0.15) is 0 Å². The van der Waals surface area contributed by atoms with E-state index in [9.17, 15) is 20.2 Å². The lowest BCUT2D eigenvalue weighted by Gasteiger charge is -2.21. The van der Waals surface area contributed by atoms with Crippen molar-refractivity contribution in [2.45, 2.75) is 13.1 Å². The number of rotatable bonds is 6. The summed E-state index contributed by atoms with van der Waals surface area (Å²) in [6.45, 7) is 2.00. The predicted molar refractivity (Wildman–Crippen MR) is 91.3 cm³/mol. The first-order valence-electron chi connectivity index (χ1n) is 7.64. The van der Waals surface area contributed by atoms with Crippen molar-refractivity contribution in [3.05, 3.63) is 92.3 Å². The lowest BCUT2D eigenvalue weighted by Crippen LogP contribution is -3.00. The van der Waals surface area contributed by atoms with Gasteiger partial charge in [-0.05, 0) is 11.1 Å². The van der Waals surface area contributed by atoms with Gasteiger partial charge in [-0.3, -0.25) is 20.2 Å². The molecule has 0 unspecified atom stereocenters. The molecule has 0 aromatic heterocycles. The average molecular weight is 420 g/mol. The summed E-state index contributed by atoms with van der Waals surface area (Å²) in [7, 11) is 0. The highest BCUT2D eigenvalue weighted by Crippen LogP contribution is 2.18. The molecule has 136 valence electrons. The maximum absolute atomic E-state index is 10.7. The molecule has 0 spiro atoms. The van der Waals surface area contributed by atoms with Crippen molar-refractivity contribution in [1.29, 1.82) is 0 Å². The Bertz CT molecular complexity index is 741. The fourth-order valence-corrected chi connectivity index (χ4v) is 2.64. The molecule has 2 aromatic rings. The highest BCUT2D eigenvalue weighted by molar-refractivity contribution is 5.34. The molecule has 0 aliphatic carbocycles. The van der Waals surface area contributed by atoms with E-state index in [2.05, 4.69) is 9.80 Å². The summed E-state index contributed by atoms with van der Waals surface area (Å²) in [5.74, 6) is 0. The van der Waals surface area contributed by atoms with E-state index >= 15 is 0 Å². The molecular weight excluding hydrogens is 404 g/mol. The Balaban J connectivity index is 0.00000243. The van der Waals surface area contributed by atoms with Crippen LogP contribution in [0.4, 0.5) is 11.4 Å². The molecule has 2 aromatic carbocycles. The molecule has 1 heterocycles. The van der Waals surface area contributed by atoms with E-state index in [-0.39, 0.29) is 28.4 Å². The van der Waals surface area contributed by atoms with E-state index < -0.39 is 9.85 Å². The minimum absolute atomic E-state index is 0. The van der Waals surface area contributed by atoms with Crippen LogP contribution in [0.1, 0.15) is 11.1 Å². The number of non-ortho nitro benzene ring substituents is 2. The normalized spacial score (nSPS) is 12.8. The van der Waals surface area contributed by atoms with Gasteiger partial charge in [0.05, 0.1) is 16.5 Å². The van der Waals surface area contributed by atoms with Gasteiger partial charge in [0.25, 0.3) is 11.4 Å². The third kappa shape index (κ3) is 4.79. The van der Waals surface area contributed by atoms with Crippen molar-refractivity contribution < 1.29 is 26.8 Å². The van der Waals surface area contributed by atoms with Crippen molar-refractivity contribution in [3.63, 3.8) is 0 Å². The summed E-state index contributed by atoms with van der Waals surface area (Å²) in [5, 5.41) is 21.3. The molecule has 3 rings (SSSR count). The second kappa shape index (κ2) is 8.43. The van der Waals surface area contributed by atoms with Crippen LogP contribution in [0.25, 0.3) is 0 Å². The van der Waals surface area contributed by atoms with Crippen LogP contribution in [0, 0.1) is 20.2 Å². The highest BCUT2D eigenvalue weighted by atomic mass is 79.9. The maximum atomic E-state index is 10.7. The first kappa shape index (κ1) is 19.4. The van der Waals surface area contributed by atoms with Crippen molar-refractivity contribution in [2.75, 3.05) is 6.67 Å². The van der Waals surface area contributed by atoms with Gasteiger partial charge in [0.15, 0.2) is 0 Å². The van der Waals surface area contributed by atoms with Crippen molar-refractivity contribution in [2.24, 2.45) is 0 Å². The predicted octanol–water partition coefficient (Wildman–Crippen LogP) is 0.253. The van der Waals surface area contributed by atoms with Crippen LogP contribution < -0.4 is 17.0 Å². The number of hydrogen-bond donors (Lipinski definition) is 0. The van der Waals surface area contributed by atoms with Gasteiger partial charge in [-0.25, -0.2) is 0 Å². The molecule has 0 saturated heterocycles. The first-order valence-corrected chi connectivity index (χ1v) is 7.64. The molecule has 0 amide bonds. The monoisotopic (exact) mass is 419 g/mol. The van der Waals surface area contributed by atoms with Crippen LogP contribution in [0.5, 0.6) is 0 Å². The topological polar surface area (TPSA) is 92.8 Å². The Morgan fingerprint density at radius 3 is 1.38 bits per heavy atom. The quantitative estimate of drug-likeness (QED) is 0.492. The molecule has 0 saturated carbocycles. The third-order valence-corrected chi connectivity index (χ3v) is 3.92. The zero-order chi connectivity index (χ0) is 17.8.